The van der Waals surface area contributed by atoms with E-state index in [1.165, 1.54) is 36.4 Å². The van der Waals surface area contributed by atoms with Crippen LogP contribution in [0.25, 0.3) is 0 Å². The Morgan fingerprint density at radius 2 is 1.64 bits per heavy atom. The van der Waals surface area contributed by atoms with E-state index < -0.39 is 27.0 Å². The van der Waals surface area contributed by atoms with E-state index in [1.54, 1.807) is 12.1 Å². The Morgan fingerprint density at radius 1 is 1.00 bits per heavy atom. The predicted octanol–water partition coefficient (Wildman–Crippen LogP) is 5.20. The molecular formula is C32H37N3O8S. The number of hydrogen-bond acceptors (Lipinski definition) is 9. The molecule has 3 aromatic carbocycles. The van der Waals surface area contributed by atoms with Gasteiger partial charge in [0.15, 0.2) is 9.84 Å². The van der Waals surface area contributed by atoms with Gasteiger partial charge in [-0.2, -0.15) is 0 Å². The number of sulfone groups is 1. The van der Waals surface area contributed by atoms with Crippen molar-refractivity contribution >= 4 is 27.6 Å². The van der Waals surface area contributed by atoms with Crippen molar-refractivity contribution in [1.82, 2.24) is 9.80 Å². The van der Waals surface area contributed by atoms with Gasteiger partial charge in [0.25, 0.3) is 5.69 Å². The first kappa shape index (κ1) is 32.6. The number of nitro benzene ring substituents is 1. The summed E-state index contributed by atoms with van der Waals surface area (Å²) in [6.07, 6.45) is 2.08. The summed E-state index contributed by atoms with van der Waals surface area (Å²) in [7, 11) is -3.29. The number of nitro groups is 1. The molecule has 0 bridgehead atoms. The molecule has 4 rings (SSSR count). The number of hydrogen-bond donors (Lipinski definition) is 0. The fourth-order valence-electron chi connectivity index (χ4n) is 5.36. The van der Waals surface area contributed by atoms with Gasteiger partial charge in [-0.25, -0.2) is 13.2 Å². The summed E-state index contributed by atoms with van der Waals surface area (Å²) in [6.45, 7) is 4.79. The Balaban J connectivity index is 1.29. The monoisotopic (exact) mass is 623 g/mol. The number of piperidine rings is 1. The van der Waals surface area contributed by atoms with Crippen LogP contribution in [0.3, 0.4) is 0 Å². The maximum Gasteiger partial charge on any atom is 0.514 e. The second kappa shape index (κ2) is 14.9. The Labute approximate surface area is 257 Å². The van der Waals surface area contributed by atoms with Crippen LogP contribution in [0.15, 0.2) is 83.8 Å². The summed E-state index contributed by atoms with van der Waals surface area (Å²) in [5.74, 6) is 0.164. The maximum atomic E-state index is 13.2. The van der Waals surface area contributed by atoms with Crippen molar-refractivity contribution in [2.24, 2.45) is 0 Å². The molecule has 0 saturated carbocycles. The Morgan fingerprint density at radius 3 is 2.20 bits per heavy atom. The van der Waals surface area contributed by atoms with Crippen molar-refractivity contribution in [3.63, 3.8) is 0 Å². The summed E-state index contributed by atoms with van der Waals surface area (Å²) < 4.78 is 34.4. The third-order valence-corrected chi connectivity index (χ3v) is 8.86. The quantitative estimate of drug-likeness (QED) is 0.115. The summed E-state index contributed by atoms with van der Waals surface area (Å²) in [5, 5.41) is 10.9. The highest BCUT2D eigenvalue weighted by Crippen LogP contribution is 2.26. The van der Waals surface area contributed by atoms with E-state index in [4.69, 9.17) is 9.47 Å². The minimum Gasteiger partial charge on any atom is -0.426 e. The van der Waals surface area contributed by atoms with Gasteiger partial charge < -0.3 is 19.3 Å². The van der Waals surface area contributed by atoms with Crippen molar-refractivity contribution in [1.29, 1.82) is 0 Å². The molecule has 1 unspecified atom stereocenters. The number of likely N-dealkylation sites (N-methyl/N-ethyl adjacent to an activating group) is 1. The van der Waals surface area contributed by atoms with Crippen molar-refractivity contribution in [3.05, 3.63) is 100 Å². The molecule has 1 heterocycles. The lowest BCUT2D eigenvalue weighted by atomic mass is 10.0. The van der Waals surface area contributed by atoms with E-state index >= 15 is 0 Å². The number of amides is 1. The highest BCUT2D eigenvalue weighted by Gasteiger charge is 2.28. The van der Waals surface area contributed by atoms with Crippen LogP contribution in [0.5, 0.6) is 5.75 Å². The minimum absolute atomic E-state index is 0.0159. The third-order valence-electron chi connectivity index (χ3n) is 7.73. The Kier molecular flexibility index (Phi) is 11.1. The molecular weight excluding hydrogens is 586 g/mol. The zero-order chi connectivity index (χ0) is 31.7. The fraction of sp³-hybridized carbons (Fsp3) is 0.375. The first-order chi connectivity index (χ1) is 21.0. The standard InChI is InChI=1S/C32H37N3O8S/c1-3-34(31(36)23-24-9-15-29(16-10-24)44(2,40)41)26-17-20-33(21-18-26)22-19-30(25-7-5-4-6-8-25)43-32(37)42-28-13-11-27(12-14-28)35(38)39/h4-16,26,30H,3,17-23H2,1-2H3. The van der Waals surface area contributed by atoms with Gasteiger partial charge >= 0.3 is 6.16 Å². The average Bonchev–Trinajstić information content (AvgIpc) is 3.01. The van der Waals surface area contributed by atoms with Gasteiger partial charge in [0.05, 0.1) is 16.2 Å². The topological polar surface area (TPSA) is 136 Å². The summed E-state index contributed by atoms with van der Waals surface area (Å²) in [4.78, 5) is 40.6. The fourth-order valence-corrected chi connectivity index (χ4v) is 5.99. The Hall–Kier alpha value is -4.29. The van der Waals surface area contributed by atoms with Crippen LogP contribution >= 0.6 is 0 Å². The molecule has 11 nitrogen and oxygen atoms in total. The van der Waals surface area contributed by atoms with Crippen LogP contribution in [0.1, 0.15) is 43.4 Å². The zero-order valence-corrected chi connectivity index (χ0v) is 25.6. The highest BCUT2D eigenvalue weighted by molar-refractivity contribution is 7.90. The second-order valence-corrected chi connectivity index (χ2v) is 12.8. The van der Waals surface area contributed by atoms with Gasteiger partial charge in [-0.1, -0.05) is 42.5 Å². The number of ether oxygens (including phenoxy) is 2. The molecule has 0 aromatic heterocycles. The van der Waals surface area contributed by atoms with Gasteiger partial charge in [0.1, 0.15) is 11.9 Å². The molecule has 234 valence electrons. The first-order valence-corrected chi connectivity index (χ1v) is 16.4. The molecule has 0 N–H and O–H groups in total. The summed E-state index contributed by atoms with van der Waals surface area (Å²) in [6, 6.07) is 21.2. The molecule has 0 radical (unpaired) electrons. The zero-order valence-electron chi connectivity index (χ0n) is 24.8. The number of likely N-dealkylation sites (tertiary alicyclic amines) is 1. The molecule has 1 saturated heterocycles. The lowest BCUT2D eigenvalue weighted by Crippen LogP contribution is -2.48. The minimum atomic E-state index is -3.29. The molecule has 1 fully saturated rings. The number of carbonyl (C=O) groups is 2. The third kappa shape index (κ3) is 9.10. The van der Waals surface area contributed by atoms with E-state index in [2.05, 4.69) is 4.90 Å². The van der Waals surface area contributed by atoms with E-state index in [1.807, 2.05) is 42.2 Å². The average molecular weight is 624 g/mol. The van der Waals surface area contributed by atoms with Crippen molar-refractivity contribution in [2.45, 2.75) is 49.6 Å². The molecule has 0 aliphatic carbocycles. The number of non-ortho nitro benzene ring substituents is 1. The smallest absolute Gasteiger partial charge is 0.426 e. The maximum absolute atomic E-state index is 13.2. The van der Waals surface area contributed by atoms with Crippen LogP contribution in [0.4, 0.5) is 10.5 Å². The largest absolute Gasteiger partial charge is 0.514 e. The van der Waals surface area contributed by atoms with Crippen molar-refractivity contribution in [3.8, 4) is 5.75 Å². The van der Waals surface area contributed by atoms with Gasteiger partial charge in [-0.15, -0.1) is 0 Å². The van der Waals surface area contributed by atoms with Crippen molar-refractivity contribution < 1.29 is 32.4 Å². The van der Waals surface area contributed by atoms with Crippen LogP contribution < -0.4 is 4.74 Å². The second-order valence-electron chi connectivity index (χ2n) is 10.8. The SMILES string of the molecule is CCN(C(=O)Cc1ccc(S(C)(=O)=O)cc1)C1CCN(CCC(OC(=O)Oc2ccc([N+](=O)[O-])cc2)c2ccccc2)CC1. The van der Waals surface area contributed by atoms with Gasteiger partial charge in [0, 0.05) is 57.0 Å². The van der Waals surface area contributed by atoms with E-state index in [0.717, 1.165) is 43.3 Å². The lowest BCUT2D eigenvalue weighted by molar-refractivity contribution is -0.384. The van der Waals surface area contributed by atoms with E-state index in [0.29, 0.717) is 19.5 Å². The Bertz CT molecular complexity index is 1520. The number of nitrogens with zero attached hydrogens (tertiary/aromatic N) is 3. The number of benzene rings is 3. The number of rotatable bonds is 12. The molecule has 1 atom stereocenters. The first-order valence-electron chi connectivity index (χ1n) is 14.5. The van der Waals surface area contributed by atoms with Crippen molar-refractivity contribution in [2.75, 3.05) is 32.4 Å². The normalized spacial score (nSPS) is 14.9. The highest BCUT2D eigenvalue weighted by atomic mass is 32.2. The summed E-state index contributed by atoms with van der Waals surface area (Å²) >= 11 is 0. The van der Waals surface area contributed by atoms with Gasteiger partial charge in [-0.3, -0.25) is 14.9 Å². The molecule has 3 aromatic rings. The number of carbonyl (C=O) groups excluding carboxylic acids is 2. The van der Waals surface area contributed by atoms with E-state index in [-0.39, 0.29) is 34.7 Å². The predicted molar refractivity (Wildman–Crippen MR) is 164 cm³/mol. The van der Waals surface area contributed by atoms with Crippen LogP contribution in [0.2, 0.25) is 0 Å². The van der Waals surface area contributed by atoms with Gasteiger partial charge in [-0.05, 0) is 55.2 Å². The lowest BCUT2D eigenvalue weighted by Gasteiger charge is -2.38. The molecule has 1 aliphatic heterocycles. The molecule has 1 amide bonds. The van der Waals surface area contributed by atoms with Crippen LogP contribution in [0, 0.1) is 10.1 Å². The molecule has 12 heteroatoms. The van der Waals surface area contributed by atoms with Gasteiger partial charge in [0.2, 0.25) is 5.91 Å². The molecule has 44 heavy (non-hydrogen) atoms. The van der Waals surface area contributed by atoms with Crippen LogP contribution in [-0.2, 0) is 25.8 Å². The summed E-state index contributed by atoms with van der Waals surface area (Å²) in [5.41, 5.74) is 1.50. The molecule has 0 spiro atoms. The van der Waals surface area contributed by atoms with E-state index in [9.17, 15) is 28.1 Å². The van der Waals surface area contributed by atoms with Crippen LogP contribution in [-0.4, -0.2) is 73.7 Å². The molecule has 1 aliphatic rings.